The van der Waals surface area contributed by atoms with E-state index in [1.807, 2.05) is 13.8 Å². The summed E-state index contributed by atoms with van der Waals surface area (Å²) in [7, 11) is 3.23. The first-order valence-electron chi connectivity index (χ1n) is 10.9. The predicted molar refractivity (Wildman–Crippen MR) is 128 cm³/mol. The summed E-state index contributed by atoms with van der Waals surface area (Å²) in [4.78, 5) is 54.6. The standard InChI is InChI=1S/C23H28ClN5O5/c1-14(2)12-17(26-20(30)15-6-8-16(24)9-7-15)22(32)34-11-5-10-29-21(31)18-19(25-13-27(18)3)28(4)23(29)33/h6-9,13-14,17H,5,10-12H2,1-4H3,(H,26,30). The molecule has 0 aliphatic heterocycles. The number of amides is 1. The zero-order valence-electron chi connectivity index (χ0n) is 19.6. The fourth-order valence-corrected chi connectivity index (χ4v) is 3.74. The number of fused-ring (bicyclic) bond motifs is 1. The van der Waals surface area contributed by atoms with Gasteiger partial charge in [-0.25, -0.2) is 14.6 Å². The molecular formula is C23H28ClN5O5. The highest BCUT2D eigenvalue weighted by atomic mass is 35.5. The SMILES string of the molecule is CC(C)CC(NC(=O)c1ccc(Cl)cc1)C(=O)OCCCn1c(=O)c2c(ncn2C)n(C)c1=O. The quantitative estimate of drug-likeness (QED) is 0.362. The first kappa shape index (κ1) is 25.2. The van der Waals surface area contributed by atoms with E-state index in [9.17, 15) is 19.2 Å². The summed E-state index contributed by atoms with van der Waals surface area (Å²) in [5.41, 5.74) is 0.0775. The second kappa shape index (κ2) is 10.7. The molecule has 10 nitrogen and oxygen atoms in total. The lowest BCUT2D eigenvalue weighted by atomic mass is 10.0. The minimum absolute atomic E-state index is 0.0107. The molecule has 1 aromatic carbocycles. The highest BCUT2D eigenvalue weighted by molar-refractivity contribution is 6.30. The van der Waals surface area contributed by atoms with Gasteiger partial charge < -0.3 is 14.6 Å². The average Bonchev–Trinajstić information content (AvgIpc) is 3.18. The van der Waals surface area contributed by atoms with Gasteiger partial charge in [-0.3, -0.25) is 18.7 Å². The molecule has 0 spiro atoms. The number of carbonyl (C=O) groups is 2. The normalized spacial score (nSPS) is 12.2. The number of esters is 1. The lowest BCUT2D eigenvalue weighted by molar-refractivity contribution is -0.146. The fourth-order valence-electron chi connectivity index (χ4n) is 3.62. The number of benzene rings is 1. The Morgan fingerprint density at radius 2 is 1.82 bits per heavy atom. The topological polar surface area (TPSA) is 117 Å². The predicted octanol–water partition coefficient (Wildman–Crippen LogP) is 1.87. The molecule has 0 bridgehead atoms. The van der Waals surface area contributed by atoms with Crippen LogP contribution in [0, 0.1) is 5.92 Å². The van der Waals surface area contributed by atoms with Gasteiger partial charge in [0.2, 0.25) is 0 Å². The van der Waals surface area contributed by atoms with Crippen molar-refractivity contribution in [3.8, 4) is 0 Å². The molecule has 0 saturated heterocycles. The maximum Gasteiger partial charge on any atom is 0.332 e. The molecule has 1 amide bonds. The maximum atomic E-state index is 12.7. The van der Waals surface area contributed by atoms with Crippen LogP contribution in [0.25, 0.3) is 11.2 Å². The summed E-state index contributed by atoms with van der Waals surface area (Å²) in [6, 6.07) is 5.52. The number of aromatic nitrogens is 4. The first-order chi connectivity index (χ1) is 16.1. The van der Waals surface area contributed by atoms with Crippen LogP contribution in [0.3, 0.4) is 0 Å². The summed E-state index contributed by atoms with van der Waals surface area (Å²) in [5.74, 6) is -0.840. The number of hydrogen-bond acceptors (Lipinski definition) is 6. The molecule has 0 aliphatic rings. The summed E-state index contributed by atoms with van der Waals surface area (Å²) in [5, 5.41) is 3.22. The van der Waals surface area contributed by atoms with Gasteiger partial charge in [0.15, 0.2) is 11.2 Å². The molecule has 34 heavy (non-hydrogen) atoms. The highest BCUT2D eigenvalue weighted by Crippen LogP contribution is 2.12. The van der Waals surface area contributed by atoms with Crippen LogP contribution in [-0.4, -0.2) is 43.2 Å². The summed E-state index contributed by atoms with van der Waals surface area (Å²) < 4.78 is 9.35. The number of ether oxygens (including phenoxy) is 1. The monoisotopic (exact) mass is 489 g/mol. The molecular weight excluding hydrogens is 462 g/mol. The molecule has 182 valence electrons. The number of halogens is 1. The molecule has 3 aromatic rings. The van der Waals surface area contributed by atoms with Gasteiger partial charge in [-0.15, -0.1) is 0 Å². The molecule has 0 fully saturated rings. The third-order valence-corrected chi connectivity index (χ3v) is 5.63. The third-order valence-electron chi connectivity index (χ3n) is 5.37. The highest BCUT2D eigenvalue weighted by Gasteiger charge is 2.24. The molecule has 2 aromatic heterocycles. The third kappa shape index (κ3) is 5.56. The van der Waals surface area contributed by atoms with E-state index in [2.05, 4.69) is 10.3 Å². The van der Waals surface area contributed by atoms with E-state index in [1.54, 1.807) is 42.9 Å². The number of carbonyl (C=O) groups excluding carboxylic acids is 2. The van der Waals surface area contributed by atoms with Gasteiger partial charge >= 0.3 is 11.7 Å². The van der Waals surface area contributed by atoms with E-state index < -0.39 is 29.2 Å². The van der Waals surface area contributed by atoms with Crippen molar-refractivity contribution in [3.05, 3.63) is 62.0 Å². The molecule has 0 saturated carbocycles. The maximum absolute atomic E-state index is 12.7. The van der Waals surface area contributed by atoms with Crippen LogP contribution in [0.4, 0.5) is 0 Å². The molecule has 0 aliphatic carbocycles. The van der Waals surface area contributed by atoms with E-state index in [4.69, 9.17) is 16.3 Å². The van der Waals surface area contributed by atoms with Crippen molar-refractivity contribution in [2.45, 2.75) is 39.3 Å². The minimum Gasteiger partial charge on any atom is -0.464 e. The van der Waals surface area contributed by atoms with Gasteiger partial charge in [-0.05, 0) is 43.0 Å². The van der Waals surface area contributed by atoms with E-state index in [0.29, 0.717) is 28.2 Å². The zero-order chi connectivity index (χ0) is 25.0. The van der Waals surface area contributed by atoms with Crippen LogP contribution < -0.4 is 16.6 Å². The van der Waals surface area contributed by atoms with Crippen molar-refractivity contribution in [2.24, 2.45) is 20.0 Å². The van der Waals surface area contributed by atoms with E-state index in [-0.39, 0.29) is 25.5 Å². The Kier molecular flexibility index (Phi) is 7.93. The lowest BCUT2D eigenvalue weighted by Gasteiger charge is -2.19. The van der Waals surface area contributed by atoms with Crippen molar-refractivity contribution in [3.63, 3.8) is 0 Å². The molecule has 1 unspecified atom stereocenters. The summed E-state index contributed by atoms with van der Waals surface area (Å²) >= 11 is 5.86. The number of nitrogens with one attached hydrogen (secondary N) is 1. The molecule has 1 N–H and O–H groups in total. The van der Waals surface area contributed by atoms with Gasteiger partial charge in [0.05, 0.1) is 12.9 Å². The number of nitrogens with zero attached hydrogens (tertiary/aromatic N) is 4. The van der Waals surface area contributed by atoms with Crippen LogP contribution in [0.5, 0.6) is 0 Å². The Bertz CT molecular complexity index is 1310. The average molecular weight is 490 g/mol. The molecule has 2 heterocycles. The fraction of sp³-hybridized carbons (Fsp3) is 0.435. The van der Waals surface area contributed by atoms with Crippen LogP contribution >= 0.6 is 11.6 Å². The van der Waals surface area contributed by atoms with E-state index >= 15 is 0 Å². The van der Waals surface area contributed by atoms with Crippen LogP contribution in [0.15, 0.2) is 40.2 Å². The number of imidazole rings is 1. The van der Waals surface area contributed by atoms with Crippen LogP contribution in [0.1, 0.15) is 37.0 Å². The van der Waals surface area contributed by atoms with Gasteiger partial charge in [-0.1, -0.05) is 25.4 Å². The van der Waals surface area contributed by atoms with Crippen LogP contribution in [0.2, 0.25) is 5.02 Å². The van der Waals surface area contributed by atoms with E-state index in [0.717, 1.165) is 4.57 Å². The minimum atomic E-state index is -0.829. The van der Waals surface area contributed by atoms with Crippen molar-refractivity contribution in [1.29, 1.82) is 0 Å². The summed E-state index contributed by atoms with van der Waals surface area (Å²) in [6.07, 6.45) is 2.13. The number of hydrogen-bond donors (Lipinski definition) is 1. The Labute approximate surface area is 201 Å². The Hall–Kier alpha value is -3.40. The molecule has 0 radical (unpaired) electrons. The molecule has 3 rings (SSSR count). The first-order valence-corrected chi connectivity index (χ1v) is 11.3. The van der Waals surface area contributed by atoms with Crippen molar-refractivity contribution < 1.29 is 14.3 Å². The second-order valence-electron chi connectivity index (χ2n) is 8.51. The van der Waals surface area contributed by atoms with Gasteiger partial charge in [0.1, 0.15) is 6.04 Å². The Morgan fingerprint density at radius 1 is 1.15 bits per heavy atom. The van der Waals surface area contributed by atoms with E-state index in [1.165, 1.54) is 10.9 Å². The van der Waals surface area contributed by atoms with Crippen molar-refractivity contribution in [1.82, 2.24) is 24.0 Å². The zero-order valence-corrected chi connectivity index (χ0v) is 20.3. The smallest absolute Gasteiger partial charge is 0.332 e. The second-order valence-corrected chi connectivity index (χ2v) is 8.95. The molecule has 1 atom stereocenters. The van der Waals surface area contributed by atoms with Gasteiger partial charge in [0, 0.05) is 31.2 Å². The largest absolute Gasteiger partial charge is 0.464 e. The van der Waals surface area contributed by atoms with Crippen LogP contribution in [-0.2, 0) is 30.2 Å². The van der Waals surface area contributed by atoms with Gasteiger partial charge in [0.25, 0.3) is 11.5 Å². The number of rotatable bonds is 9. The van der Waals surface area contributed by atoms with Gasteiger partial charge in [-0.2, -0.15) is 0 Å². The molecule has 11 heteroatoms. The Balaban J connectivity index is 1.63. The van der Waals surface area contributed by atoms with Crippen molar-refractivity contribution in [2.75, 3.05) is 6.61 Å². The van der Waals surface area contributed by atoms with Crippen molar-refractivity contribution >= 4 is 34.6 Å². The lowest BCUT2D eigenvalue weighted by Crippen LogP contribution is -2.43. The Morgan fingerprint density at radius 3 is 2.47 bits per heavy atom. The number of aryl methyl sites for hydroxylation is 2. The summed E-state index contributed by atoms with van der Waals surface area (Å²) in [6.45, 7) is 3.94.